The molecular formula is C16H20F2N2O2. The molecule has 0 aliphatic carbocycles. The Balaban J connectivity index is 1.74. The van der Waals surface area contributed by atoms with Gasteiger partial charge in [-0.25, -0.2) is 8.78 Å². The van der Waals surface area contributed by atoms with E-state index in [4.69, 9.17) is 0 Å². The number of hydrogen-bond donors (Lipinski definition) is 2. The zero-order chi connectivity index (χ0) is 15.9. The van der Waals surface area contributed by atoms with Gasteiger partial charge in [-0.05, 0) is 44.0 Å². The molecule has 1 aliphatic heterocycles. The minimum absolute atomic E-state index is 0.00972. The number of piperidine rings is 1. The van der Waals surface area contributed by atoms with Crippen LogP contribution in [0.15, 0.2) is 18.2 Å². The number of carbonyl (C=O) groups excluding carboxylic acids is 2. The van der Waals surface area contributed by atoms with Crippen LogP contribution in [-0.4, -0.2) is 31.3 Å². The molecule has 1 fully saturated rings. The average molecular weight is 310 g/mol. The van der Waals surface area contributed by atoms with Crippen LogP contribution in [0.3, 0.4) is 0 Å². The lowest BCUT2D eigenvalue weighted by Gasteiger charge is -2.22. The van der Waals surface area contributed by atoms with Crippen LogP contribution >= 0.6 is 0 Å². The van der Waals surface area contributed by atoms with Crippen LogP contribution in [0.4, 0.5) is 8.78 Å². The maximum absolute atomic E-state index is 13.4. The van der Waals surface area contributed by atoms with Gasteiger partial charge in [-0.3, -0.25) is 9.59 Å². The van der Waals surface area contributed by atoms with Crippen molar-refractivity contribution < 1.29 is 18.4 Å². The number of hydrogen-bond acceptors (Lipinski definition) is 3. The molecule has 0 aromatic heterocycles. The van der Waals surface area contributed by atoms with Gasteiger partial charge in [0.25, 0.3) is 0 Å². The first kappa shape index (κ1) is 16.5. The SMILES string of the molecule is O=C(CCC(=O)c1ccc(F)cc1F)NCC1CCCNC1. The lowest BCUT2D eigenvalue weighted by atomic mass is 9.99. The van der Waals surface area contributed by atoms with Gasteiger partial charge in [0.1, 0.15) is 11.6 Å². The molecule has 1 amide bonds. The zero-order valence-electron chi connectivity index (χ0n) is 12.3. The fourth-order valence-corrected chi connectivity index (χ4v) is 2.52. The molecule has 2 N–H and O–H groups in total. The molecule has 1 heterocycles. The third-order valence-corrected chi connectivity index (χ3v) is 3.80. The summed E-state index contributed by atoms with van der Waals surface area (Å²) in [6.45, 7) is 2.49. The minimum atomic E-state index is -0.890. The summed E-state index contributed by atoms with van der Waals surface area (Å²) in [4.78, 5) is 23.6. The maximum atomic E-state index is 13.4. The Morgan fingerprint density at radius 2 is 2.09 bits per heavy atom. The van der Waals surface area contributed by atoms with Crippen molar-refractivity contribution in [1.29, 1.82) is 0 Å². The number of carbonyl (C=O) groups is 2. The number of halogens is 2. The van der Waals surface area contributed by atoms with Crippen LogP contribution in [0.25, 0.3) is 0 Å². The van der Waals surface area contributed by atoms with E-state index in [1.807, 2.05) is 0 Å². The Labute approximate surface area is 128 Å². The van der Waals surface area contributed by atoms with Crippen molar-refractivity contribution in [2.75, 3.05) is 19.6 Å². The topological polar surface area (TPSA) is 58.2 Å². The van der Waals surface area contributed by atoms with Gasteiger partial charge in [-0.15, -0.1) is 0 Å². The summed E-state index contributed by atoms with van der Waals surface area (Å²) < 4.78 is 26.2. The van der Waals surface area contributed by atoms with Crippen LogP contribution in [0.2, 0.25) is 0 Å². The van der Waals surface area contributed by atoms with Crippen molar-refractivity contribution in [3.63, 3.8) is 0 Å². The first-order chi connectivity index (χ1) is 10.6. The Kier molecular flexibility index (Phi) is 6.00. The van der Waals surface area contributed by atoms with Crippen molar-refractivity contribution in [3.8, 4) is 0 Å². The Morgan fingerprint density at radius 1 is 1.27 bits per heavy atom. The molecule has 1 unspecified atom stereocenters. The van der Waals surface area contributed by atoms with E-state index in [9.17, 15) is 18.4 Å². The van der Waals surface area contributed by atoms with Gasteiger partial charge < -0.3 is 10.6 Å². The molecule has 22 heavy (non-hydrogen) atoms. The highest BCUT2D eigenvalue weighted by Gasteiger charge is 2.16. The van der Waals surface area contributed by atoms with E-state index in [0.717, 1.165) is 38.1 Å². The molecule has 120 valence electrons. The third-order valence-electron chi connectivity index (χ3n) is 3.80. The van der Waals surface area contributed by atoms with Crippen molar-refractivity contribution in [1.82, 2.24) is 10.6 Å². The maximum Gasteiger partial charge on any atom is 0.220 e. The molecule has 0 radical (unpaired) electrons. The Morgan fingerprint density at radius 3 is 2.77 bits per heavy atom. The van der Waals surface area contributed by atoms with Crippen molar-refractivity contribution >= 4 is 11.7 Å². The number of ketones is 1. The average Bonchev–Trinajstić information content (AvgIpc) is 2.51. The van der Waals surface area contributed by atoms with Gasteiger partial charge in [-0.2, -0.15) is 0 Å². The van der Waals surface area contributed by atoms with E-state index in [1.54, 1.807) is 0 Å². The minimum Gasteiger partial charge on any atom is -0.356 e. The van der Waals surface area contributed by atoms with Gasteiger partial charge in [0.05, 0.1) is 5.56 Å². The van der Waals surface area contributed by atoms with Crippen LogP contribution in [-0.2, 0) is 4.79 Å². The second-order valence-electron chi connectivity index (χ2n) is 5.56. The summed E-state index contributed by atoms with van der Waals surface area (Å²) >= 11 is 0. The predicted molar refractivity (Wildman–Crippen MR) is 78.5 cm³/mol. The van der Waals surface area contributed by atoms with Gasteiger partial charge >= 0.3 is 0 Å². The number of benzene rings is 1. The fraction of sp³-hybridized carbons (Fsp3) is 0.500. The summed E-state index contributed by atoms with van der Waals surface area (Å²) in [6, 6.07) is 2.81. The second-order valence-corrected chi connectivity index (χ2v) is 5.56. The highest BCUT2D eigenvalue weighted by molar-refractivity contribution is 5.98. The number of Topliss-reactive ketones (excluding diaryl/α,β-unsaturated/α-hetero) is 1. The van der Waals surface area contributed by atoms with Crippen molar-refractivity contribution in [2.45, 2.75) is 25.7 Å². The molecular weight excluding hydrogens is 290 g/mol. The summed E-state index contributed by atoms with van der Waals surface area (Å²) in [5, 5.41) is 6.06. The van der Waals surface area contributed by atoms with Crippen LogP contribution in [0.1, 0.15) is 36.0 Å². The summed E-state index contributed by atoms with van der Waals surface area (Å²) in [6.07, 6.45) is 2.10. The van der Waals surface area contributed by atoms with Crippen molar-refractivity contribution in [2.24, 2.45) is 5.92 Å². The molecule has 1 saturated heterocycles. The van der Waals surface area contributed by atoms with Gasteiger partial charge in [0.15, 0.2) is 5.78 Å². The molecule has 0 spiro atoms. The molecule has 1 aromatic carbocycles. The van der Waals surface area contributed by atoms with E-state index in [-0.39, 0.29) is 24.3 Å². The molecule has 2 rings (SSSR count). The Bertz CT molecular complexity index is 543. The van der Waals surface area contributed by atoms with E-state index in [0.29, 0.717) is 18.5 Å². The standard InChI is InChI=1S/C16H20F2N2O2/c17-12-3-4-13(14(18)8-12)15(21)5-6-16(22)20-10-11-2-1-7-19-9-11/h3-4,8,11,19H,1-2,5-7,9-10H2,(H,20,22). The van der Waals surface area contributed by atoms with Gasteiger partial charge in [-0.1, -0.05) is 0 Å². The van der Waals surface area contributed by atoms with Gasteiger partial charge in [0, 0.05) is 25.5 Å². The normalized spacial score (nSPS) is 18.0. The van der Waals surface area contributed by atoms with Gasteiger partial charge in [0.2, 0.25) is 5.91 Å². The predicted octanol–water partition coefficient (Wildman–Crippen LogP) is 2.04. The third kappa shape index (κ3) is 4.87. The molecule has 0 saturated carbocycles. The smallest absolute Gasteiger partial charge is 0.220 e. The number of rotatable bonds is 6. The number of nitrogens with one attached hydrogen (secondary N) is 2. The molecule has 1 aromatic rings. The van der Waals surface area contributed by atoms with Crippen LogP contribution in [0, 0.1) is 17.6 Å². The quantitative estimate of drug-likeness (QED) is 0.791. The largest absolute Gasteiger partial charge is 0.356 e. The molecule has 0 bridgehead atoms. The summed E-state index contributed by atoms with van der Waals surface area (Å²) in [5.74, 6) is -1.91. The van der Waals surface area contributed by atoms with Crippen LogP contribution < -0.4 is 10.6 Å². The second kappa shape index (κ2) is 7.98. The van der Waals surface area contributed by atoms with E-state index in [1.165, 1.54) is 0 Å². The zero-order valence-corrected chi connectivity index (χ0v) is 12.3. The Hall–Kier alpha value is -1.82. The highest BCUT2D eigenvalue weighted by atomic mass is 19.1. The highest BCUT2D eigenvalue weighted by Crippen LogP contribution is 2.13. The molecule has 1 atom stereocenters. The lowest BCUT2D eigenvalue weighted by molar-refractivity contribution is -0.121. The molecule has 6 heteroatoms. The molecule has 4 nitrogen and oxygen atoms in total. The van der Waals surface area contributed by atoms with E-state index >= 15 is 0 Å². The molecule has 1 aliphatic rings. The lowest BCUT2D eigenvalue weighted by Crippen LogP contribution is -2.38. The first-order valence-electron chi connectivity index (χ1n) is 7.52. The summed E-state index contributed by atoms with van der Waals surface area (Å²) in [5.41, 5.74) is -0.175. The monoisotopic (exact) mass is 310 g/mol. The fourth-order valence-electron chi connectivity index (χ4n) is 2.52. The summed E-state index contributed by atoms with van der Waals surface area (Å²) in [7, 11) is 0. The van der Waals surface area contributed by atoms with E-state index in [2.05, 4.69) is 10.6 Å². The number of amides is 1. The van der Waals surface area contributed by atoms with Crippen LogP contribution in [0.5, 0.6) is 0 Å². The van der Waals surface area contributed by atoms with E-state index < -0.39 is 17.4 Å². The first-order valence-corrected chi connectivity index (χ1v) is 7.52. The van der Waals surface area contributed by atoms with Crippen molar-refractivity contribution in [3.05, 3.63) is 35.4 Å².